The van der Waals surface area contributed by atoms with Crippen molar-refractivity contribution in [3.8, 4) is 0 Å². The zero-order chi connectivity index (χ0) is 13.7. The smallest absolute Gasteiger partial charge is 0.239 e. The Balaban J connectivity index is 0.00000200. The molecule has 2 rings (SSSR count). The van der Waals surface area contributed by atoms with Gasteiger partial charge in [-0.05, 0) is 5.56 Å². The van der Waals surface area contributed by atoms with E-state index in [1.165, 1.54) is 5.56 Å². The number of carbonyl (C=O) groups excluding carboxylic acids is 1. The third-order valence-electron chi connectivity index (χ3n) is 3.50. The van der Waals surface area contributed by atoms with Crippen LogP contribution in [0.5, 0.6) is 0 Å². The zero-order valence-corrected chi connectivity index (χ0v) is 12.8. The number of benzene rings is 1. The number of rotatable bonds is 4. The normalized spacial score (nSPS) is 19.0. The van der Waals surface area contributed by atoms with Crippen molar-refractivity contribution in [2.45, 2.75) is 25.3 Å². The maximum Gasteiger partial charge on any atom is 0.239 e. The van der Waals surface area contributed by atoms with Crippen molar-refractivity contribution in [2.75, 3.05) is 26.3 Å². The lowest BCUT2D eigenvalue weighted by atomic mass is 9.84. The number of nitrogens with one attached hydrogen (secondary N) is 2. The van der Waals surface area contributed by atoms with E-state index in [0.29, 0.717) is 19.8 Å². The second-order valence-corrected chi connectivity index (χ2v) is 5.55. The summed E-state index contributed by atoms with van der Waals surface area (Å²) in [5.41, 5.74) is 1.15. The number of ether oxygens (including phenoxy) is 1. The summed E-state index contributed by atoms with van der Waals surface area (Å²) in [5.74, 6) is 0.0173. The van der Waals surface area contributed by atoms with Gasteiger partial charge in [-0.15, -0.1) is 12.4 Å². The largest absolute Gasteiger partial charge is 0.378 e. The first kappa shape index (κ1) is 17.0. The van der Waals surface area contributed by atoms with E-state index in [1.54, 1.807) is 0 Å². The summed E-state index contributed by atoms with van der Waals surface area (Å²) in [6, 6.07) is 10.0. The van der Waals surface area contributed by atoms with Crippen LogP contribution in [0.25, 0.3) is 0 Å². The van der Waals surface area contributed by atoms with Gasteiger partial charge in [0.2, 0.25) is 5.91 Å². The van der Waals surface area contributed by atoms with Crippen LogP contribution in [-0.4, -0.2) is 38.3 Å². The maximum atomic E-state index is 12.0. The third kappa shape index (κ3) is 4.47. The minimum Gasteiger partial charge on any atom is -0.378 e. The van der Waals surface area contributed by atoms with Crippen LogP contribution in [0.15, 0.2) is 30.3 Å². The molecule has 112 valence electrons. The van der Waals surface area contributed by atoms with Crippen LogP contribution in [0.2, 0.25) is 0 Å². The molecule has 0 aliphatic carbocycles. The van der Waals surface area contributed by atoms with Crippen molar-refractivity contribution in [3.05, 3.63) is 35.9 Å². The Morgan fingerprint density at radius 3 is 2.70 bits per heavy atom. The number of hydrogen-bond donors (Lipinski definition) is 2. The standard InChI is InChI=1S/C15H22N2O2.ClH/c1-15(2,12-6-4-3-5-7-12)11-17-14(18)13-10-19-9-8-16-13;/h3-7,13,16H,8-11H2,1-2H3,(H,17,18);1H. The lowest BCUT2D eigenvalue weighted by Crippen LogP contribution is -2.52. The summed E-state index contributed by atoms with van der Waals surface area (Å²) in [5, 5.41) is 6.17. The molecule has 1 amide bonds. The first-order valence-corrected chi connectivity index (χ1v) is 6.74. The monoisotopic (exact) mass is 298 g/mol. The van der Waals surface area contributed by atoms with E-state index in [-0.39, 0.29) is 29.8 Å². The predicted octanol–water partition coefficient (Wildman–Crippen LogP) is 1.49. The van der Waals surface area contributed by atoms with Gasteiger partial charge in [-0.25, -0.2) is 0 Å². The van der Waals surface area contributed by atoms with E-state index >= 15 is 0 Å². The van der Waals surface area contributed by atoms with Gasteiger partial charge in [0.1, 0.15) is 6.04 Å². The van der Waals surface area contributed by atoms with Crippen LogP contribution in [0.1, 0.15) is 19.4 Å². The zero-order valence-electron chi connectivity index (χ0n) is 12.0. The van der Waals surface area contributed by atoms with Crippen LogP contribution < -0.4 is 10.6 Å². The van der Waals surface area contributed by atoms with Crippen LogP contribution >= 0.6 is 12.4 Å². The molecule has 0 radical (unpaired) electrons. The van der Waals surface area contributed by atoms with E-state index in [1.807, 2.05) is 18.2 Å². The van der Waals surface area contributed by atoms with E-state index in [4.69, 9.17) is 4.74 Å². The topological polar surface area (TPSA) is 50.4 Å². The summed E-state index contributed by atoms with van der Waals surface area (Å²) in [6.07, 6.45) is 0. The molecule has 0 saturated carbocycles. The lowest BCUT2D eigenvalue weighted by molar-refractivity contribution is -0.126. The fourth-order valence-corrected chi connectivity index (χ4v) is 2.16. The van der Waals surface area contributed by atoms with Crippen LogP contribution in [0, 0.1) is 0 Å². The quantitative estimate of drug-likeness (QED) is 0.885. The molecule has 2 N–H and O–H groups in total. The number of morpholine rings is 1. The molecule has 0 bridgehead atoms. The van der Waals surface area contributed by atoms with Gasteiger partial charge in [0.15, 0.2) is 0 Å². The number of hydrogen-bond acceptors (Lipinski definition) is 3. The van der Waals surface area contributed by atoms with Gasteiger partial charge in [-0.1, -0.05) is 44.2 Å². The molecule has 1 aliphatic heterocycles. The highest BCUT2D eigenvalue weighted by atomic mass is 35.5. The molecule has 1 atom stereocenters. The summed E-state index contributed by atoms with van der Waals surface area (Å²) < 4.78 is 5.30. The molecule has 1 aliphatic rings. The van der Waals surface area contributed by atoms with Gasteiger partial charge >= 0.3 is 0 Å². The van der Waals surface area contributed by atoms with Crippen molar-refractivity contribution in [2.24, 2.45) is 0 Å². The maximum absolute atomic E-state index is 12.0. The van der Waals surface area contributed by atoms with Crippen LogP contribution in [-0.2, 0) is 14.9 Å². The van der Waals surface area contributed by atoms with Crippen molar-refractivity contribution < 1.29 is 9.53 Å². The molecule has 0 spiro atoms. The van der Waals surface area contributed by atoms with Crippen molar-refractivity contribution in [3.63, 3.8) is 0 Å². The molecule has 4 nitrogen and oxygen atoms in total. The van der Waals surface area contributed by atoms with E-state index < -0.39 is 0 Å². The average molecular weight is 299 g/mol. The molecule has 1 aromatic rings. The van der Waals surface area contributed by atoms with E-state index in [9.17, 15) is 4.79 Å². The minimum absolute atomic E-state index is 0. The Morgan fingerprint density at radius 2 is 2.10 bits per heavy atom. The molecule has 1 fully saturated rings. The predicted molar refractivity (Wildman–Crippen MR) is 82.3 cm³/mol. The fraction of sp³-hybridized carbons (Fsp3) is 0.533. The van der Waals surface area contributed by atoms with Crippen LogP contribution in [0.3, 0.4) is 0 Å². The molecular formula is C15H23ClN2O2. The lowest BCUT2D eigenvalue weighted by Gasteiger charge is -2.28. The summed E-state index contributed by atoms with van der Waals surface area (Å²) in [6.45, 7) is 6.76. The first-order valence-electron chi connectivity index (χ1n) is 6.74. The van der Waals surface area contributed by atoms with E-state index in [0.717, 1.165) is 6.54 Å². The molecule has 1 aromatic carbocycles. The van der Waals surface area contributed by atoms with Gasteiger partial charge in [0.05, 0.1) is 13.2 Å². The fourth-order valence-electron chi connectivity index (χ4n) is 2.16. The molecule has 20 heavy (non-hydrogen) atoms. The van der Waals surface area contributed by atoms with Gasteiger partial charge in [0.25, 0.3) is 0 Å². The third-order valence-corrected chi connectivity index (χ3v) is 3.50. The Morgan fingerprint density at radius 1 is 1.40 bits per heavy atom. The van der Waals surface area contributed by atoms with E-state index in [2.05, 4.69) is 36.6 Å². The Bertz CT molecular complexity index is 417. The summed E-state index contributed by atoms with van der Waals surface area (Å²) in [4.78, 5) is 12.0. The molecule has 1 heterocycles. The second kappa shape index (κ2) is 7.62. The Hall–Kier alpha value is -1.10. The first-order chi connectivity index (χ1) is 9.09. The molecule has 1 unspecified atom stereocenters. The SMILES string of the molecule is CC(C)(CNC(=O)C1COCCN1)c1ccccc1.Cl. The Labute approximate surface area is 126 Å². The molecule has 5 heteroatoms. The molecular weight excluding hydrogens is 276 g/mol. The second-order valence-electron chi connectivity index (χ2n) is 5.55. The summed E-state index contributed by atoms with van der Waals surface area (Å²) in [7, 11) is 0. The highest BCUT2D eigenvalue weighted by Gasteiger charge is 2.25. The summed E-state index contributed by atoms with van der Waals surface area (Å²) >= 11 is 0. The average Bonchev–Trinajstić information content (AvgIpc) is 2.47. The minimum atomic E-state index is -0.222. The number of carbonyl (C=O) groups is 1. The van der Waals surface area contributed by atoms with Crippen LogP contribution in [0.4, 0.5) is 0 Å². The highest BCUT2D eigenvalue weighted by molar-refractivity contribution is 5.85. The highest BCUT2D eigenvalue weighted by Crippen LogP contribution is 2.21. The number of halogens is 1. The number of amides is 1. The molecule has 1 saturated heterocycles. The van der Waals surface area contributed by atoms with Gasteiger partial charge in [0, 0.05) is 18.5 Å². The van der Waals surface area contributed by atoms with Gasteiger partial charge in [-0.3, -0.25) is 4.79 Å². The Kier molecular flexibility index (Phi) is 6.46. The van der Waals surface area contributed by atoms with Gasteiger partial charge < -0.3 is 15.4 Å². The van der Waals surface area contributed by atoms with Crippen molar-refractivity contribution >= 4 is 18.3 Å². The van der Waals surface area contributed by atoms with Crippen molar-refractivity contribution in [1.82, 2.24) is 10.6 Å². The molecule has 0 aromatic heterocycles. The van der Waals surface area contributed by atoms with Gasteiger partial charge in [-0.2, -0.15) is 0 Å². The van der Waals surface area contributed by atoms with Crippen molar-refractivity contribution in [1.29, 1.82) is 0 Å².